The lowest BCUT2D eigenvalue weighted by atomic mass is 9.97. The molecule has 0 amide bonds. The minimum Gasteiger partial charge on any atom is -0.454 e. The van der Waals surface area contributed by atoms with Crippen LogP contribution in [0.2, 0.25) is 0 Å². The van der Waals surface area contributed by atoms with Gasteiger partial charge in [0.2, 0.25) is 5.69 Å². The summed E-state index contributed by atoms with van der Waals surface area (Å²) in [6.07, 6.45) is 7.68. The molecule has 5 rings (SSSR count). The highest BCUT2D eigenvalue weighted by Gasteiger charge is 2.21. The van der Waals surface area contributed by atoms with Crippen molar-refractivity contribution in [1.29, 1.82) is 5.26 Å². The highest BCUT2D eigenvalue weighted by atomic mass is 16.3. The summed E-state index contributed by atoms with van der Waals surface area (Å²) in [5.41, 5.74) is 7.99. The van der Waals surface area contributed by atoms with Crippen molar-refractivity contribution >= 4 is 21.9 Å². The van der Waals surface area contributed by atoms with Crippen LogP contribution in [0.5, 0.6) is 0 Å². The fourth-order valence-electron chi connectivity index (χ4n) is 4.22. The molecule has 2 aromatic heterocycles. The number of aromatic nitrogens is 1. The van der Waals surface area contributed by atoms with Gasteiger partial charge in [-0.15, -0.1) is 6.42 Å². The number of benzene rings is 3. The third kappa shape index (κ3) is 2.88. The molecule has 0 saturated carbocycles. The lowest BCUT2D eigenvalue weighted by Gasteiger charge is -2.05. The molecule has 0 aliphatic heterocycles. The second-order valence-corrected chi connectivity index (χ2v) is 7.63. The number of fused-ring (bicyclic) bond motifs is 3. The molecule has 3 heteroatoms. The van der Waals surface area contributed by atoms with Crippen molar-refractivity contribution in [3.8, 4) is 40.8 Å². The average molecular weight is 399 g/mol. The first-order valence-corrected chi connectivity index (χ1v) is 10.0. The molecular formula is C28H19N2O+. The Kier molecular flexibility index (Phi) is 4.32. The third-order valence-electron chi connectivity index (χ3n) is 5.79. The van der Waals surface area contributed by atoms with Crippen LogP contribution in [0.25, 0.3) is 44.3 Å². The van der Waals surface area contributed by atoms with Gasteiger partial charge in [0.05, 0.1) is 11.1 Å². The quantitative estimate of drug-likeness (QED) is 0.274. The molecule has 0 spiro atoms. The summed E-state index contributed by atoms with van der Waals surface area (Å²) < 4.78 is 8.67. The molecule has 0 unspecified atom stereocenters. The zero-order chi connectivity index (χ0) is 21.5. The number of terminal acetylenes is 1. The number of para-hydroxylation sites is 1. The first kappa shape index (κ1) is 18.7. The largest absolute Gasteiger partial charge is 0.454 e. The van der Waals surface area contributed by atoms with E-state index in [-0.39, 0.29) is 0 Å². The van der Waals surface area contributed by atoms with Crippen LogP contribution in [0, 0.1) is 30.6 Å². The van der Waals surface area contributed by atoms with Crippen LogP contribution in [-0.4, -0.2) is 0 Å². The summed E-state index contributed by atoms with van der Waals surface area (Å²) in [4.78, 5) is 0. The Morgan fingerprint density at radius 1 is 0.903 bits per heavy atom. The smallest absolute Gasteiger partial charge is 0.216 e. The van der Waals surface area contributed by atoms with Crippen molar-refractivity contribution in [2.75, 3.05) is 0 Å². The number of pyridine rings is 1. The first-order chi connectivity index (χ1) is 15.1. The number of nitriles is 1. The van der Waals surface area contributed by atoms with E-state index in [9.17, 15) is 5.26 Å². The number of rotatable bonds is 2. The van der Waals surface area contributed by atoms with Gasteiger partial charge in [0, 0.05) is 34.0 Å². The Bertz CT molecular complexity index is 1580. The Labute approximate surface area is 180 Å². The predicted octanol–water partition coefficient (Wildman–Crippen LogP) is 5.91. The zero-order valence-corrected chi connectivity index (χ0v) is 17.3. The molecule has 31 heavy (non-hydrogen) atoms. The second-order valence-electron chi connectivity index (χ2n) is 7.63. The molecule has 146 valence electrons. The van der Waals surface area contributed by atoms with E-state index in [1.807, 2.05) is 49.6 Å². The van der Waals surface area contributed by atoms with E-state index in [2.05, 4.69) is 47.7 Å². The summed E-state index contributed by atoms with van der Waals surface area (Å²) >= 11 is 0. The zero-order valence-electron chi connectivity index (χ0n) is 17.3. The average Bonchev–Trinajstić information content (AvgIpc) is 3.18. The lowest BCUT2D eigenvalue weighted by molar-refractivity contribution is -0.660. The Morgan fingerprint density at radius 3 is 2.52 bits per heavy atom. The van der Waals surface area contributed by atoms with Crippen LogP contribution in [0.4, 0.5) is 0 Å². The van der Waals surface area contributed by atoms with E-state index in [0.29, 0.717) is 11.1 Å². The molecule has 0 radical (unpaired) electrons. The van der Waals surface area contributed by atoms with Gasteiger partial charge in [-0.2, -0.15) is 5.26 Å². The van der Waals surface area contributed by atoms with E-state index in [0.717, 1.165) is 49.9 Å². The SMILES string of the molecule is C#Cc1cc(-c2cccc3c2oc2c(-c4cccc[n+]4C)c(C)ccc23)ccc1C#N. The van der Waals surface area contributed by atoms with E-state index < -0.39 is 0 Å². The van der Waals surface area contributed by atoms with Gasteiger partial charge in [-0.1, -0.05) is 42.3 Å². The van der Waals surface area contributed by atoms with E-state index in [1.165, 1.54) is 0 Å². The van der Waals surface area contributed by atoms with Gasteiger partial charge in [-0.3, -0.25) is 0 Å². The van der Waals surface area contributed by atoms with Crippen LogP contribution < -0.4 is 4.57 Å². The maximum absolute atomic E-state index is 9.30. The van der Waals surface area contributed by atoms with Gasteiger partial charge >= 0.3 is 0 Å². The molecule has 0 N–H and O–H groups in total. The molecule has 0 atom stereocenters. The van der Waals surface area contributed by atoms with Gasteiger partial charge in [0.15, 0.2) is 6.20 Å². The number of nitrogens with zero attached hydrogens (tertiary/aromatic N) is 2. The van der Waals surface area contributed by atoms with Crippen LogP contribution in [0.1, 0.15) is 16.7 Å². The minimum absolute atomic E-state index is 0.498. The van der Waals surface area contributed by atoms with Gasteiger partial charge in [-0.25, -0.2) is 4.57 Å². The van der Waals surface area contributed by atoms with Crippen molar-refractivity contribution in [2.45, 2.75) is 6.92 Å². The Morgan fingerprint density at radius 2 is 1.74 bits per heavy atom. The number of aryl methyl sites for hydroxylation is 2. The van der Waals surface area contributed by atoms with Gasteiger partial charge in [-0.05, 0) is 36.2 Å². The molecule has 0 aliphatic rings. The highest BCUT2D eigenvalue weighted by Crippen LogP contribution is 2.40. The molecule has 5 aromatic rings. The van der Waals surface area contributed by atoms with Crippen molar-refractivity contribution in [2.24, 2.45) is 7.05 Å². The van der Waals surface area contributed by atoms with Crippen molar-refractivity contribution in [3.63, 3.8) is 0 Å². The predicted molar refractivity (Wildman–Crippen MR) is 123 cm³/mol. The highest BCUT2D eigenvalue weighted by molar-refractivity contribution is 6.13. The van der Waals surface area contributed by atoms with Gasteiger partial charge in [0.25, 0.3) is 0 Å². The third-order valence-corrected chi connectivity index (χ3v) is 5.79. The molecule has 3 aromatic carbocycles. The van der Waals surface area contributed by atoms with E-state index in [1.54, 1.807) is 6.07 Å². The van der Waals surface area contributed by atoms with Crippen LogP contribution in [-0.2, 0) is 7.05 Å². The standard InChI is InChI=1S/C28H19N2O/c1-4-19-16-20(12-13-21(19)17-29)22-8-7-9-23-24-14-11-18(2)26(28(24)31-27(22)23)25-10-5-6-15-30(25)3/h1,5-16H,2-3H3/q+1. The minimum atomic E-state index is 0.498. The summed E-state index contributed by atoms with van der Waals surface area (Å²) in [5, 5.41) is 11.4. The molecular weight excluding hydrogens is 380 g/mol. The maximum atomic E-state index is 9.30. The van der Waals surface area contributed by atoms with Crippen molar-refractivity contribution in [1.82, 2.24) is 0 Å². The van der Waals surface area contributed by atoms with E-state index in [4.69, 9.17) is 10.8 Å². The number of hydrogen-bond donors (Lipinski definition) is 0. The maximum Gasteiger partial charge on any atom is 0.216 e. The molecule has 0 aliphatic carbocycles. The van der Waals surface area contributed by atoms with Crippen molar-refractivity contribution < 1.29 is 8.98 Å². The molecule has 3 nitrogen and oxygen atoms in total. The van der Waals surface area contributed by atoms with Crippen LogP contribution in [0.3, 0.4) is 0 Å². The van der Waals surface area contributed by atoms with Crippen LogP contribution in [0.15, 0.2) is 77.3 Å². The summed E-state index contributed by atoms with van der Waals surface area (Å²) in [7, 11) is 2.04. The van der Waals surface area contributed by atoms with Crippen molar-refractivity contribution in [3.05, 3.63) is 89.6 Å². The summed E-state index contributed by atoms with van der Waals surface area (Å²) in [6, 6.07) is 24.3. The number of furan rings is 1. The second kappa shape index (κ2) is 7.17. The number of hydrogen-bond acceptors (Lipinski definition) is 2. The monoisotopic (exact) mass is 399 g/mol. The fourth-order valence-corrected chi connectivity index (χ4v) is 4.22. The van der Waals surface area contributed by atoms with E-state index >= 15 is 0 Å². The normalized spacial score (nSPS) is 10.8. The molecule has 0 saturated heterocycles. The topological polar surface area (TPSA) is 40.8 Å². The molecule has 0 fully saturated rings. The van der Waals surface area contributed by atoms with Gasteiger partial charge in [0.1, 0.15) is 24.3 Å². The lowest BCUT2D eigenvalue weighted by Crippen LogP contribution is -2.30. The fraction of sp³-hybridized carbons (Fsp3) is 0.0714. The Hall–Kier alpha value is -4.34. The molecule has 0 bridgehead atoms. The first-order valence-electron chi connectivity index (χ1n) is 10.0. The summed E-state index contributed by atoms with van der Waals surface area (Å²) in [6.45, 7) is 2.11. The van der Waals surface area contributed by atoms with Crippen LogP contribution >= 0.6 is 0 Å². The molecule has 2 heterocycles. The Balaban J connectivity index is 1.84. The van der Waals surface area contributed by atoms with Gasteiger partial charge < -0.3 is 4.42 Å². The summed E-state index contributed by atoms with van der Waals surface area (Å²) in [5.74, 6) is 2.62.